The third kappa shape index (κ3) is 4.81. The molecule has 164 valence electrons. The highest BCUT2D eigenvalue weighted by Gasteiger charge is 2.36. The molecule has 0 aliphatic carbocycles. The number of carbonyl (C=O) groups is 2. The van der Waals surface area contributed by atoms with E-state index in [9.17, 15) is 14.4 Å². The standard InChI is InChI=1S/C24H29N3O4/c1-31-21-7-3-2-5-18(21)11-12-25-22(28)9-10-23(29)26-14-17-13-19(16-26)20-6-4-8-24(30)27(20)15-17/h2-8,17,19H,9-16H2,1H3,(H,25,28)/t17-,19+/m0/s1. The fraction of sp³-hybridized carbons (Fsp3) is 0.458. The van der Waals surface area contributed by atoms with Gasteiger partial charge in [0.05, 0.1) is 7.11 Å². The zero-order valence-corrected chi connectivity index (χ0v) is 17.9. The molecule has 0 saturated carbocycles. The Kier molecular flexibility index (Phi) is 6.39. The van der Waals surface area contributed by atoms with Gasteiger partial charge in [0.25, 0.3) is 5.56 Å². The summed E-state index contributed by atoms with van der Waals surface area (Å²) in [5.74, 6) is 1.20. The number of methoxy groups -OCH3 is 1. The van der Waals surface area contributed by atoms with Crippen molar-refractivity contribution in [1.29, 1.82) is 0 Å². The van der Waals surface area contributed by atoms with E-state index in [0.29, 0.717) is 38.5 Å². The molecule has 2 aliphatic heterocycles. The Morgan fingerprint density at radius 2 is 1.90 bits per heavy atom. The van der Waals surface area contributed by atoms with Crippen LogP contribution in [0.1, 0.15) is 36.4 Å². The van der Waals surface area contributed by atoms with Gasteiger partial charge in [-0.05, 0) is 36.5 Å². The Morgan fingerprint density at radius 3 is 2.74 bits per heavy atom. The number of ether oxygens (including phenoxy) is 1. The predicted molar refractivity (Wildman–Crippen MR) is 117 cm³/mol. The second kappa shape index (κ2) is 9.37. The second-order valence-electron chi connectivity index (χ2n) is 8.41. The molecule has 4 rings (SSSR count). The third-order valence-corrected chi connectivity index (χ3v) is 6.31. The van der Waals surface area contributed by atoms with Gasteiger partial charge in [-0.3, -0.25) is 14.4 Å². The number of hydrogen-bond donors (Lipinski definition) is 1. The first-order valence-corrected chi connectivity index (χ1v) is 10.9. The van der Waals surface area contributed by atoms with E-state index in [4.69, 9.17) is 4.74 Å². The average Bonchev–Trinajstić information content (AvgIpc) is 2.78. The fourth-order valence-corrected chi connectivity index (χ4v) is 4.81. The molecule has 2 aliphatic rings. The summed E-state index contributed by atoms with van der Waals surface area (Å²) in [7, 11) is 1.63. The number of fused-ring (bicyclic) bond motifs is 4. The van der Waals surface area contributed by atoms with Crippen LogP contribution in [0.5, 0.6) is 5.75 Å². The first-order valence-electron chi connectivity index (χ1n) is 10.9. The van der Waals surface area contributed by atoms with Crippen molar-refractivity contribution >= 4 is 11.8 Å². The van der Waals surface area contributed by atoms with Gasteiger partial charge in [0.2, 0.25) is 11.8 Å². The zero-order valence-electron chi connectivity index (χ0n) is 17.9. The lowest BCUT2D eigenvalue weighted by molar-refractivity contribution is -0.136. The van der Waals surface area contributed by atoms with Crippen LogP contribution in [0.2, 0.25) is 0 Å². The summed E-state index contributed by atoms with van der Waals surface area (Å²) in [6.07, 6.45) is 2.09. The minimum Gasteiger partial charge on any atom is -0.496 e. The van der Waals surface area contributed by atoms with E-state index in [-0.39, 0.29) is 36.1 Å². The molecular formula is C24H29N3O4. The highest BCUT2D eigenvalue weighted by atomic mass is 16.5. The van der Waals surface area contributed by atoms with Crippen LogP contribution in [0, 0.1) is 5.92 Å². The fourth-order valence-electron chi connectivity index (χ4n) is 4.81. The van der Waals surface area contributed by atoms with Crippen molar-refractivity contribution in [3.63, 3.8) is 0 Å². The Morgan fingerprint density at radius 1 is 1.06 bits per heavy atom. The number of nitrogens with one attached hydrogen (secondary N) is 1. The van der Waals surface area contributed by atoms with Crippen LogP contribution in [-0.4, -0.2) is 48.0 Å². The number of likely N-dealkylation sites (tertiary alicyclic amines) is 1. The van der Waals surface area contributed by atoms with Crippen molar-refractivity contribution in [3.8, 4) is 5.75 Å². The molecule has 0 radical (unpaired) electrons. The SMILES string of the molecule is COc1ccccc1CCNC(=O)CCC(=O)N1C[C@@H]2C[C@H](C1)c1cccc(=O)n1C2. The van der Waals surface area contributed by atoms with Crippen molar-refractivity contribution in [1.82, 2.24) is 14.8 Å². The van der Waals surface area contributed by atoms with Crippen LogP contribution in [0.3, 0.4) is 0 Å². The summed E-state index contributed by atoms with van der Waals surface area (Å²) in [5.41, 5.74) is 2.10. The smallest absolute Gasteiger partial charge is 0.250 e. The number of amides is 2. The van der Waals surface area contributed by atoms with Crippen LogP contribution < -0.4 is 15.6 Å². The number of nitrogens with zero attached hydrogens (tertiary/aromatic N) is 2. The Bertz CT molecular complexity index is 1020. The van der Waals surface area contributed by atoms with Gasteiger partial charge >= 0.3 is 0 Å². The topological polar surface area (TPSA) is 80.6 Å². The van der Waals surface area contributed by atoms with Crippen LogP contribution in [0.15, 0.2) is 47.3 Å². The molecular weight excluding hydrogens is 394 g/mol. The second-order valence-corrected chi connectivity index (χ2v) is 8.41. The monoisotopic (exact) mass is 423 g/mol. The van der Waals surface area contributed by atoms with Crippen molar-refractivity contribution < 1.29 is 14.3 Å². The molecule has 3 heterocycles. The summed E-state index contributed by atoms with van der Waals surface area (Å²) in [5, 5.41) is 2.90. The summed E-state index contributed by atoms with van der Waals surface area (Å²) in [6.45, 7) is 2.45. The van der Waals surface area contributed by atoms with E-state index in [1.807, 2.05) is 39.8 Å². The molecule has 1 aromatic heterocycles. The molecule has 2 amide bonds. The molecule has 1 fully saturated rings. The molecule has 2 atom stereocenters. The minimum atomic E-state index is -0.114. The third-order valence-electron chi connectivity index (χ3n) is 6.31. The summed E-state index contributed by atoms with van der Waals surface area (Å²) in [6, 6.07) is 13.1. The molecule has 0 unspecified atom stereocenters. The summed E-state index contributed by atoms with van der Waals surface area (Å²) in [4.78, 5) is 39.0. The van der Waals surface area contributed by atoms with Gasteiger partial charge < -0.3 is 19.5 Å². The molecule has 1 aromatic carbocycles. The number of rotatable bonds is 7. The number of piperidine rings is 1. The lowest BCUT2D eigenvalue weighted by Crippen LogP contribution is -2.49. The Balaban J connectivity index is 1.25. The first-order chi connectivity index (χ1) is 15.0. The van der Waals surface area contributed by atoms with E-state index in [1.165, 1.54) is 0 Å². The number of para-hydroxylation sites is 1. The highest BCUT2D eigenvalue weighted by molar-refractivity contribution is 5.83. The number of pyridine rings is 1. The van der Waals surface area contributed by atoms with E-state index in [2.05, 4.69) is 5.32 Å². The highest BCUT2D eigenvalue weighted by Crippen LogP contribution is 2.35. The van der Waals surface area contributed by atoms with Gasteiger partial charge in [0, 0.05) is 56.7 Å². The maximum Gasteiger partial charge on any atom is 0.250 e. The van der Waals surface area contributed by atoms with Gasteiger partial charge in [-0.15, -0.1) is 0 Å². The van der Waals surface area contributed by atoms with E-state index >= 15 is 0 Å². The van der Waals surface area contributed by atoms with Crippen molar-refractivity contribution in [3.05, 3.63) is 64.1 Å². The molecule has 1 saturated heterocycles. The lowest BCUT2D eigenvalue weighted by atomic mass is 9.83. The Labute approximate surface area is 182 Å². The van der Waals surface area contributed by atoms with Crippen molar-refractivity contribution in [2.45, 2.75) is 38.1 Å². The first kappa shape index (κ1) is 21.2. The van der Waals surface area contributed by atoms with E-state index in [1.54, 1.807) is 19.2 Å². The van der Waals surface area contributed by atoms with Gasteiger partial charge in [-0.2, -0.15) is 0 Å². The maximum atomic E-state index is 12.8. The average molecular weight is 424 g/mol. The number of benzene rings is 1. The largest absolute Gasteiger partial charge is 0.496 e. The van der Waals surface area contributed by atoms with Crippen LogP contribution in [0.4, 0.5) is 0 Å². The lowest BCUT2D eigenvalue weighted by Gasteiger charge is -2.42. The van der Waals surface area contributed by atoms with Crippen molar-refractivity contribution in [2.75, 3.05) is 26.7 Å². The van der Waals surface area contributed by atoms with Crippen LogP contribution in [-0.2, 0) is 22.6 Å². The summed E-state index contributed by atoms with van der Waals surface area (Å²) < 4.78 is 7.18. The van der Waals surface area contributed by atoms with Crippen molar-refractivity contribution in [2.24, 2.45) is 5.92 Å². The Hall–Kier alpha value is -3.09. The molecule has 0 spiro atoms. The van der Waals surface area contributed by atoms with E-state index in [0.717, 1.165) is 23.4 Å². The van der Waals surface area contributed by atoms with Crippen LogP contribution >= 0.6 is 0 Å². The number of aromatic nitrogens is 1. The number of carbonyl (C=O) groups excluding carboxylic acids is 2. The molecule has 7 nitrogen and oxygen atoms in total. The molecule has 7 heteroatoms. The molecule has 2 aromatic rings. The van der Waals surface area contributed by atoms with Crippen LogP contribution in [0.25, 0.3) is 0 Å². The van der Waals surface area contributed by atoms with Gasteiger partial charge in [-0.25, -0.2) is 0 Å². The maximum absolute atomic E-state index is 12.8. The molecule has 2 bridgehead atoms. The molecule has 31 heavy (non-hydrogen) atoms. The quantitative estimate of drug-likeness (QED) is 0.738. The van der Waals surface area contributed by atoms with Gasteiger partial charge in [-0.1, -0.05) is 24.3 Å². The normalized spacial score (nSPS) is 19.5. The van der Waals surface area contributed by atoms with E-state index < -0.39 is 0 Å². The van der Waals surface area contributed by atoms with Gasteiger partial charge in [0.15, 0.2) is 0 Å². The zero-order chi connectivity index (χ0) is 21.8. The summed E-state index contributed by atoms with van der Waals surface area (Å²) >= 11 is 0. The van der Waals surface area contributed by atoms with Gasteiger partial charge in [0.1, 0.15) is 5.75 Å². The molecule has 1 N–H and O–H groups in total. The number of hydrogen-bond acceptors (Lipinski definition) is 4. The predicted octanol–water partition coefficient (Wildman–Crippen LogP) is 1.94. The minimum absolute atomic E-state index is 0.0151.